The molecule has 2 fully saturated rings. The quantitative estimate of drug-likeness (QED) is 0.628. The van der Waals surface area contributed by atoms with Gasteiger partial charge >= 0.3 is 0 Å². The molecule has 0 N–H and O–H groups in total. The van der Waals surface area contributed by atoms with Gasteiger partial charge in [-0.05, 0) is 47.7 Å². The maximum atomic E-state index is 13.1. The highest BCUT2D eigenvalue weighted by atomic mass is 32.2. The number of nitrogens with zero attached hydrogens (tertiary/aromatic N) is 2. The lowest BCUT2D eigenvalue weighted by molar-refractivity contribution is -0.133. The third kappa shape index (κ3) is 3.86. The Kier molecular flexibility index (Phi) is 5.07. The second-order valence-corrected chi connectivity index (χ2v) is 10.5. The van der Waals surface area contributed by atoms with Crippen LogP contribution in [0.2, 0.25) is 0 Å². The summed E-state index contributed by atoms with van der Waals surface area (Å²) in [4.78, 5) is 15.1. The number of carbonyl (C=O) groups excluding carboxylic acids is 1. The molecule has 1 aliphatic heterocycles. The van der Waals surface area contributed by atoms with Gasteiger partial charge in [-0.3, -0.25) is 4.79 Å². The van der Waals surface area contributed by atoms with Crippen LogP contribution in [0, 0.1) is 12.8 Å². The summed E-state index contributed by atoms with van der Waals surface area (Å²) in [7, 11) is -3.57. The molecule has 3 aromatic carbocycles. The lowest BCUT2D eigenvalue weighted by Gasteiger charge is -2.34. The number of amides is 1. The number of piperazine rings is 1. The van der Waals surface area contributed by atoms with Crippen molar-refractivity contribution in [1.82, 2.24) is 9.21 Å². The first-order valence-corrected chi connectivity index (χ1v) is 12.2. The Bertz CT molecular complexity index is 1230. The SMILES string of the molecule is Cc1ccc(C2CC2C(=O)N2CCN(S(=O)(=O)c3ccc4ccccc4c3)CC2)cc1. The predicted octanol–water partition coefficient (Wildman–Crippen LogP) is 3.78. The van der Waals surface area contributed by atoms with E-state index < -0.39 is 10.0 Å². The van der Waals surface area contributed by atoms with Gasteiger partial charge in [-0.15, -0.1) is 0 Å². The van der Waals surface area contributed by atoms with Crippen molar-refractivity contribution < 1.29 is 13.2 Å². The molecule has 2 aliphatic rings. The fraction of sp³-hybridized carbons (Fsp3) is 0.320. The highest BCUT2D eigenvalue weighted by molar-refractivity contribution is 7.89. The maximum absolute atomic E-state index is 13.1. The molecule has 31 heavy (non-hydrogen) atoms. The second kappa shape index (κ2) is 7.77. The van der Waals surface area contributed by atoms with Crippen LogP contribution in [0.3, 0.4) is 0 Å². The van der Waals surface area contributed by atoms with Crippen LogP contribution < -0.4 is 0 Å². The molecule has 1 heterocycles. The molecule has 6 heteroatoms. The number of benzene rings is 3. The molecule has 1 amide bonds. The van der Waals surface area contributed by atoms with E-state index in [1.54, 1.807) is 12.1 Å². The molecule has 1 saturated carbocycles. The second-order valence-electron chi connectivity index (χ2n) is 8.60. The zero-order valence-corrected chi connectivity index (χ0v) is 18.4. The van der Waals surface area contributed by atoms with Crippen LogP contribution >= 0.6 is 0 Å². The molecule has 0 spiro atoms. The minimum atomic E-state index is -3.57. The molecule has 0 aromatic heterocycles. The van der Waals surface area contributed by atoms with Crippen LogP contribution in [0.25, 0.3) is 10.8 Å². The molecule has 3 aromatic rings. The molecule has 2 atom stereocenters. The fourth-order valence-corrected chi connectivity index (χ4v) is 5.97. The first kappa shape index (κ1) is 20.2. The summed E-state index contributed by atoms with van der Waals surface area (Å²) in [6.07, 6.45) is 0.886. The molecule has 5 rings (SSSR count). The summed E-state index contributed by atoms with van der Waals surface area (Å²) in [6.45, 7) is 3.63. The number of aryl methyl sites for hydroxylation is 1. The van der Waals surface area contributed by atoms with Gasteiger partial charge in [0, 0.05) is 32.1 Å². The van der Waals surface area contributed by atoms with Crippen LogP contribution in [-0.4, -0.2) is 49.7 Å². The van der Waals surface area contributed by atoms with Crippen molar-refractivity contribution in [2.24, 2.45) is 5.92 Å². The van der Waals surface area contributed by atoms with Gasteiger partial charge in [0.1, 0.15) is 0 Å². The van der Waals surface area contributed by atoms with Crippen molar-refractivity contribution in [3.05, 3.63) is 77.9 Å². The van der Waals surface area contributed by atoms with Gasteiger partial charge in [0.25, 0.3) is 0 Å². The summed E-state index contributed by atoms with van der Waals surface area (Å²) in [5.41, 5.74) is 2.44. The van der Waals surface area contributed by atoms with Gasteiger partial charge in [0.15, 0.2) is 0 Å². The molecule has 160 valence electrons. The largest absolute Gasteiger partial charge is 0.340 e. The Balaban J connectivity index is 1.23. The van der Waals surface area contributed by atoms with Crippen molar-refractivity contribution in [2.45, 2.75) is 24.2 Å². The topological polar surface area (TPSA) is 57.7 Å². The Labute approximate surface area is 183 Å². The summed E-state index contributed by atoms with van der Waals surface area (Å²) in [6, 6.07) is 21.4. The van der Waals surface area contributed by atoms with E-state index in [4.69, 9.17) is 0 Å². The minimum absolute atomic E-state index is 0.0337. The molecular weight excluding hydrogens is 408 g/mol. The van der Waals surface area contributed by atoms with E-state index in [1.807, 2.05) is 35.2 Å². The van der Waals surface area contributed by atoms with Crippen molar-refractivity contribution >= 4 is 26.7 Å². The van der Waals surface area contributed by atoms with Crippen molar-refractivity contribution in [2.75, 3.05) is 26.2 Å². The summed E-state index contributed by atoms with van der Waals surface area (Å²) in [5, 5.41) is 1.93. The number of hydrogen-bond donors (Lipinski definition) is 0. The number of sulfonamides is 1. The van der Waals surface area contributed by atoms with Crippen LogP contribution in [-0.2, 0) is 14.8 Å². The van der Waals surface area contributed by atoms with Crippen LogP contribution in [0.15, 0.2) is 71.6 Å². The van der Waals surface area contributed by atoms with Gasteiger partial charge in [-0.25, -0.2) is 8.42 Å². The number of fused-ring (bicyclic) bond motifs is 1. The van der Waals surface area contributed by atoms with E-state index in [2.05, 4.69) is 31.2 Å². The lowest BCUT2D eigenvalue weighted by Crippen LogP contribution is -2.51. The number of carbonyl (C=O) groups is 1. The predicted molar refractivity (Wildman–Crippen MR) is 121 cm³/mol. The van der Waals surface area contributed by atoms with Crippen molar-refractivity contribution in [3.63, 3.8) is 0 Å². The van der Waals surface area contributed by atoms with Crippen molar-refractivity contribution in [1.29, 1.82) is 0 Å². The van der Waals surface area contributed by atoms with E-state index >= 15 is 0 Å². The van der Waals surface area contributed by atoms with E-state index in [0.29, 0.717) is 37.0 Å². The normalized spacial score (nSPS) is 21.9. The summed E-state index contributed by atoms with van der Waals surface area (Å²) >= 11 is 0. The lowest BCUT2D eigenvalue weighted by atomic mass is 10.1. The minimum Gasteiger partial charge on any atom is -0.340 e. The highest BCUT2D eigenvalue weighted by Gasteiger charge is 2.46. The Hall–Kier alpha value is -2.70. The van der Waals surface area contributed by atoms with Gasteiger partial charge in [-0.1, -0.05) is 60.2 Å². The Morgan fingerprint density at radius 1 is 0.871 bits per heavy atom. The fourth-order valence-electron chi connectivity index (χ4n) is 4.51. The molecule has 1 aliphatic carbocycles. The van der Waals surface area contributed by atoms with Crippen LogP contribution in [0.1, 0.15) is 23.5 Å². The number of hydrogen-bond acceptors (Lipinski definition) is 3. The molecule has 5 nitrogen and oxygen atoms in total. The average molecular weight is 435 g/mol. The van der Waals surface area contributed by atoms with E-state index in [0.717, 1.165) is 17.2 Å². The van der Waals surface area contributed by atoms with Crippen LogP contribution in [0.5, 0.6) is 0 Å². The van der Waals surface area contributed by atoms with Gasteiger partial charge in [-0.2, -0.15) is 4.31 Å². The zero-order chi connectivity index (χ0) is 21.6. The number of rotatable bonds is 4. The summed E-state index contributed by atoms with van der Waals surface area (Å²) < 4.78 is 27.8. The van der Waals surface area contributed by atoms with Gasteiger partial charge in [0.05, 0.1) is 4.90 Å². The van der Waals surface area contributed by atoms with Crippen molar-refractivity contribution in [3.8, 4) is 0 Å². The standard InChI is InChI=1S/C25H26N2O3S/c1-18-6-8-20(9-7-18)23-17-24(23)25(28)26-12-14-27(15-13-26)31(29,30)22-11-10-19-4-2-3-5-21(19)16-22/h2-11,16,23-24H,12-15,17H2,1H3. The first-order valence-electron chi connectivity index (χ1n) is 10.8. The van der Waals surface area contributed by atoms with Gasteiger partial charge < -0.3 is 4.90 Å². The molecule has 0 radical (unpaired) electrons. The molecule has 2 unspecified atom stereocenters. The van der Waals surface area contributed by atoms with E-state index in [1.165, 1.54) is 15.4 Å². The monoisotopic (exact) mass is 434 g/mol. The van der Waals surface area contributed by atoms with E-state index in [9.17, 15) is 13.2 Å². The first-order chi connectivity index (χ1) is 14.9. The molecular formula is C25H26N2O3S. The third-order valence-electron chi connectivity index (χ3n) is 6.52. The third-order valence-corrected chi connectivity index (χ3v) is 8.42. The Morgan fingerprint density at radius 3 is 2.26 bits per heavy atom. The molecule has 0 bridgehead atoms. The smallest absolute Gasteiger partial charge is 0.243 e. The molecule has 1 saturated heterocycles. The van der Waals surface area contributed by atoms with Crippen LogP contribution in [0.4, 0.5) is 0 Å². The Morgan fingerprint density at radius 2 is 1.55 bits per heavy atom. The maximum Gasteiger partial charge on any atom is 0.243 e. The zero-order valence-electron chi connectivity index (χ0n) is 17.6. The van der Waals surface area contributed by atoms with E-state index in [-0.39, 0.29) is 11.8 Å². The van der Waals surface area contributed by atoms with Gasteiger partial charge in [0.2, 0.25) is 15.9 Å². The highest BCUT2D eigenvalue weighted by Crippen LogP contribution is 2.48. The summed E-state index contributed by atoms with van der Waals surface area (Å²) in [5.74, 6) is 0.493. The average Bonchev–Trinajstić information content (AvgIpc) is 3.60.